The van der Waals surface area contributed by atoms with Gasteiger partial charge in [-0.15, -0.1) is 0 Å². The normalized spacial score (nSPS) is 17.7. The summed E-state index contributed by atoms with van der Waals surface area (Å²) in [6, 6.07) is 5.44. The van der Waals surface area contributed by atoms with Crippen molar-refractivity contribution in [2.75, 3.05) is 0 Å². The lowest BCUT2D eigenvalue weighted by Crippen LogP contribution is -2.34. The van der Waals surface area contributed by atoms with Gasteiger partial charge in [0.1, 0.15) is 5.60 Å². The van der Waals surface area contributed by atoms with Crippen molar-refractivity contribution in [3.05, 3.63) is 40.0 Å². The zero-order valence-electron chi connectivity index (χ0n) is 8.30. The van der Waals surface area contributed by atoms with Gasteiger partial charge in [0, 0.05) is 10.6 Å². The molecule has 1 fully saturated rings. The van der Waals surface area contributed by atoms with Gasteiger partial charge in [-0.25, -0.2) is 0 Å². The van der Waals surface area contributed by atoms with E-state index in [4.69, 9.17) is 5.53 Å². The maximum Gasteiger partial charge on any atom is 0.106 e. The molecule has 0 aliphatic heterocycles. The van der Waals surface area contributed by atoms with Crippen LogP contribution in [0.4, 0.5) is 0 Å². The summed E-state index contributed by atoms with van der Waals surface area (Å²) in [5.41, 5.74) is 8.85. The largest absolute Gasteiger partial charge is 0.384 e. The van der Waals surface area contributed by atoms with Crippen molar-refractivity contribution < 1.29 is 5.11 Å². The zero-order valence-corrected chi connectivity index (χ0v) is 8.30. The summed E-state index contributed by atoms with van der Waals surface area (Å²) in [6.45, 7) is 0.237. The molecule has 78 valence electrons. The number of hydrogen-bond acceptors (Lipinski definition) is 3. The fourth-order valence-corrected chi connectivity index (χ4v) is 1.70. The Morgan fingerprint density at radius 3 is 2.93 bits per heavy atom. The fraction of sp³-hybridized carbons (Fsp3) is 0.500. The highest BCUT2D eigenvalue weighted by Gasteiger charge is 2.37. The lowest BCUT2D eigenvalue weighted by atomic mass is 9.77. The Labute approximate surface area is 87.4 Å². The molecule has 0 bridgehead atoms. The molecule has 15 heavy (non-hydrogen) atoms. The van der Waals surface area contributed by atoms with Gasteiger partial charge in [-0.05, 0) is 36.9 Å². The third-order valence-corrected chi connectivity index (χ3v) is 2.76. The van der Waals surface area contributed by atoms with Crippen LogP contribution in [-0.4, -0.2) is 10.1 Å². The van der Waals surface area contributed by atoms with E-state index in [1.54, 1.807) is 6.07 Å². The minimum absolute atomic E-state index is 0.237. The molecule has 1 aromatic rings. The second-order valence-electron chi connectivity index (χ2n) is 3.79. The van der Waals surface area contributed by atoms with Crippen molar-refractivity contribution >= 4 is 0 Å². The molecule has 5 heteroatoms. The average molecular weight is 204 g/mol. The molecule has 1 saturated carbocycles. The summed E-state index contributed by atoms with van der Waals surface area (Å²) < 4.78 is 0. The lowest BCUT2D eigenvalue weighted by molar-refractivity contribution is -0.0427. The second kappa shape index (κ2) is 3.88. The van der Waals surface area contributed by atoms with E-state index in [2.05, 4.69) is 15.0 Å². The van der Waals surface area contributed by atoms with Gasteiger partial charge in [-0.3, -0.25) is 4.98 Å². The highest BCUT2D eigenvalue weighted by atomic mass is 16.3. The SMILES string of the molecule is [N-]=[N+]=NCc1cccc(C2(O)CCC2)n1. The topological polar surface area (TPSA) is 81.9 Å². The molecule has 0 aromatic carbocycles. The number of azide groups is 1. The minimum atomic E-state index is -0.744. The minimum Gasteiger partial charge on any atom is -0.384 e. The molecule has 1 N–H and O–H groups in total. The maximum absolute atomic E-state index is 10.1. The number of rotatable bonds is 3. The van der Waals surface area contributed by atoms with Gasteiger partial charge in [0.2, 0.25) is 0 Å². The smallest absolute Gasteiger partial charge is 0.106 e. The molecule has 0 amide bonds. The van der Waals surface area contributed by atoms with Crippen molar-refractivity contribution in [1.82, 2.24) is 4.98 Å². The van der Waals surface area contributed by atoms with E-state index in [-0.39, 0.29) is 6.54 Å². The van der Waals surface area contributed by atoms with Gasteiger partial charge in [0.05, 0.1) is 12.2 Å². The summed E-state index contributed by atoms with van der Waals surface area (Å²) in [5.74, 6) is 0. The van der Waals surface area contributed by atoms with Crippen LogP contribution in [0.15, 0.2) is 23.3 Å². The van der Waals surface area contributed by atoms with Crippen LogP contribution in [-0.2, 0) is 12.1 Å². The molecular weight excluding hydrogens is 192 g/mol. The summed E-state index contributed by atoms with van der Waals surface area (Å²) in [7, 11) is 0. The number of hydrogen-bond donors (Lipinski definition) is 1. The Balaban J connectivity index is 2.22. The van der Waals surface area contributed by atoms with Gasteiger partial charge in [0.25, 0.3) is 0 Å². The molecule has 0 saturated heterocycles. The number of aromatic nitrogens is 1. The van der Waals surface area contributed by atoms with Crippen LogP contribution >= 0.6 is 0 Å². The van der Waals surface area contributed by atoms with E-state index in [9.17, 15) is 5.11 Å². The first-order valence-electron chi connectivity index (χ1n) is 4.94. The van der Waals surface area contributed by atoms with E-state index < -0.39 is 5.60 Å². The number of pyridine rings is 1. The van der Waals surface area contributed by atoms with E-state index >= 15 is 0 Å². The van der Waals surface area contributed by atoms with Gasteiger partial charge in [0.15, 0.2) is 0 Å². The van der Waals surface area contributed by atoms with E-state index in [1.807, 2.05) is 12.1 Å². The molecule has 0 radical (unpaired) electrons. The van der Waals surface area contributed by atoms with Crippen LogP contribution < -0.4 is 0 Å². The molecule has 0 spiro atoms. The highest BCUT2D eigenvalue weighted by molar-refractivity contribution is 5.19. The molecule has 2 rings (SSSR count). The standard InChI is InChI=1S/C10H12N4O/c11-14-12-7-8-3-1-4-9(13-8)10(15)5-2-6-10/h1,3-4,15H,2,5-7H2. The van der Waals surface area contributed by atoms with Gasteiger partial charge in [-0.2, -0.15) is 0 Å². The maximum atomic E-state index is 10.1. The Morgan fingerprint density at radius 1 is 1.53 bits per heavy atom. The van der Waals surface area contributed by atoms with E-state index in [0.29, 0.717) is 11.4 Å². The van der Waals surface area contributed by atoms with E-state index in [0.717, 1.165) is 19.3 Å². The van der Waals surface area contributed by atoms with Gasteiger partial charge >= 0.3 is 0 Å². The van der Waals surface area contributed by atoms with Gasteiger partial charge in [-0.1, -0.05) is 11.2 Å². The zero-order chi connectivity index (χ0) is 10.7. The summed E-state index contributed by atoms with van der Waals surface area (Å²) in [4.78, 5) is 6.97. The predicted octanol–water partition coefficient (Wildman–Crippen LogP) is 2.26. The Hall–Kier alpha value is -1.58. The monoisotopic (exact) mass is 204 g/mol. The molecule has 5 nitrogen and oxygen atoms in total. The molecular formula is C10H12N4O. The molecule has 1 aliphatic rings. The summed E-state index contributed by atoms with van der Waals surface area (Å²) in [6.07, 6.45) is 2.58. The van der Waals surface area contributed by atoms with Crippen LogP contribution in [0.3, 0.4) is 0 Å². The van der Waals surface area contributed by atoms with Crippen molar-refractivity contribution in [3.63, 3.8) is 0 Å². The van der Waals surface area contributed by atoms with Crippen LogP contribution in [0.2, 0.25) is 0 Å². The summed E-state index contributed by atoms with van der Waals surface area (Å²) in [5, 5.41) is 13.5. The van der Waals surface area contributed by atoms with Crippen LogP contribution in [0.25, 0.3) is 10.4 Å². The van der Waals surface area contributed by atoms with Crippen molar-refractivity contribution in [3.8, 4) is 0 Å². The first-order valence-corrected chi connectivity index (χ1v) is 4.94. The third kappa shape index (κ3) is 1.93. The average Bonchev–Trinajstić information content (AvgIpc) is 2.23. The molecule has 0 unspecified atom stereocenters. The quantitative estimate of drug-likeness (QED) is 0.465. The Kier molecular flexibility index (Phi) is 2.58. The fourth-order valence-electron chi connectivity index (χ4n) is 1.70. The molecule has 1 aliphatic carbocycles. The molecule has 1 heterocycles. The van der Waals surface area contributed by atoms with Gasteiger partial charge < -0.3 is 5.11 Å². The lowest BCUT2D eigenvalue weighted by Gasteiger charge is -2.36. The molecule has 0 atom stereocenters. The predicted molar refractivity (Wildman–Crippen MR) is 54.8 cm³/mol. The summed E-state index contributed by atoms with van der Waals surface area (Å²) >= 11 is 0. The third-order valence-electron chi connectivity index (χ3n) is 2.76. The first kappa shape index (κ1) is 9.96. The Morgan fingerprint density at radius 2 is 2.33 bits per heavy atom. The van der Waals surface area contributed by atoms with E-state index in [1.165, 1.54) is 0 Å². The number of aliphatic hydroxyl groups is 1. The first-order chi connectivity index (χ1) is 7.24. The Bertz CT molecular complexity index is 408. The number of nitrogens with zero attached hydrogens (tertiary/aromatic N) is 4. The highest BCUT2D eigenvalue weighted by Crippen LogP contribution is 2.39. The van der Waals surface area contributed by atoms with Crippen LogP contribution in [0, 0.1) is 0 Å². The second-order valence-corrected chi connectivity index (χ2v) is 3.79. The van der Waals surface area contributed by atoms with Crippen LogP contribution in [0.1, 0.15) is 30.7 Å². The van der Waals surface area contributed by atoms with Crippen LogP contribution in [0.5, 0.6) is 0 Å². The van der Waals surface area contributed by atoms with Crippen molar-refractivity contribution in [1.29, 1.82) is 0 Å². The van der Waals surface area contributed by atoms with Crippen molar-refractivity contribution in [2.45, 2.75) is 31.4 Å². The van der Waals surface area contributed by atoms with Crippen molar-refractivity contribution in [2.24, 2.45) is 5.11 Å². The molecule has 1 aromatic heterocycles.